The van der Waals surface area contributed by atoms with Crippen LogP contribution in [-0.2, 0) is 18.0 Å². The van der Waals surface area contributed by atoms with Crippen molar-refractivity contribution in [3.63, 3.8) is 0 Å². The topological polar surface area (TPSA) is 93.5 Å². The van der Waals surface area contributed by atoms with Gasteiger partial charge in [0.25, 0.3) is 5.69 Å². The van der Waals surface area contributed by atoms with Crippen LogP contribution in [0.1, 0.15) is 22.3 Å². The van der Waals surface area contributed by atoms with Gasteiger partial charge in [0.1, 0.15) is 6.61 Å². The molecule has 0 unspecified atom stereocenters. The van der Waals surface area contributed by atoms with Crippen molar-refractivity contribution in [1.82, 2.24) is 4.57 Å². The number of non-ortho nitro benzene ring substituents is 1. The van der Waals surface area contributed by atoms with Crippen LogP contribution in [0.4, 0.5) is 5.69 Å². The molecule has 0 bridgehead atoms. The number of aromatic nitrogens is 1. The molecule has 1 heterocycles. The Labute approximate surface area is 178 Å². The van der Waals surface area contributed by atoms with Crippen molar-refractivity contribution < 1.29 is 9.76 Å². The lowest BCUT2D eigenvalue weighted by Gasteiger charge is -2.07. The summed E-state index contributed by atoms with van der Waals surface area (Å²) in [5.41, 5.74) is 4.18. The van der Waals surface area contributed by atoms with Gasteiger partial charge < -0.3 is 9.40 Å². The summed E-state index contributed by atoms with van der Waals surface area (Å²) in [4.78, 5) is 15.8. The second-order valence-corrected chi connectivity index (χ2v) is 6.93. The maximum absolute atomic E-state index is 10.9. The fourth-order valence-corrected chi connectivity index (χ4v) is 3.43. The van der Waals surface area contributed by atoms with Crippen LogP contribution in [0.3, 0.4) is 0 Å². The zero-order chi connectivity index (χ0) is 21.6. The molecular formula is C24H18N4O3. The number of oxime groups is 1. The van der Waals surface area contributed by atoms with E-state index in [4.69, 9.17) is 4.84 Å². The minimum atomic E-state index is -0.438. The van der Waals surface area contributed by atoms with Crippen molar-refractivity contribution in [2.45, 2.75) is 13.2 Å². The molecular weight excluding hydrogens is 392 g/mol. The quantitative estimate of drug-likeness (QED) is 0.243. The number of nitrogens with zero attached hydrogens (tertiary/aromatic N) is 4. The molecule has 7 nitrogen and oxygen atoms in total. The van der Waals surface area contributed by atoms with Crippen LogP contribution in [0.25, 0.3) is 10.9 Å². The molecule has 31 heavy (non-hydrogen) atoms. The maximum Gasteiger partial charge on any atom is 0.269 e. The third kappa shape index (κ3) is 4.43. The second-order valence-electron chi connectivity index (χ2n) is 6.93. The predicted molar refractivity (Wildman–Crippen MR) is 118 cm³/mol. The van der Waals surface area contributed by atoms with Crippen molar-refractivity contribution in [2.24, 2.45) is 5.16 Å². The van der Waals surface area contributed by atoms with Gasteiger partial charge in [0, 0.05) is 41.3 Å². The molecule has 0 spiro atoms. The molecule has 152 valence electrons. The highest BCUT2D eigenvalue weighted by molar-refractivity contribution is 5.99. The summed E-state index contributed by atoms with van der Waals surface area (Å²) < 4.78 is 2.08. The van der Waals surface area contributed by atoms with Gasteiger partial charge in [-0.2, -0.15) is 5.26 Å². The summed E-state index contributed by atoms with van der Waals surface area (Å²) in [6, 6.07) is 24.0. The third-order valence-corrected chi connectivity index (χ3v) is 4.92. The molecule has 4 aromatic rings. The first-order chi connectivity index (χ1) is 15.2. The number of hydrogen-bond acceptors (Lipinski definition) is 5. The van der Waals surface area contributed by atoms with E-state index < -0.39 is 4.92 Å². The van der Waals surface area contributed by atoms with E-state index >= 15 is 0 Å². The zero-order valence-electron chi connectivity index (χ0n) is 16.5. The number of para-hydroxylation sites is 1. The monoisotopic (exact) mass is 410 g/mol. The predicted octanol–water partition coefficient (Wildman–Crippen LogP) is 5.02. The van der Waals surface area contributed by atoms with Crippen molar-refractivity contribution in [3.05, 3.63) is 111 Å². The van der Waals surface area contributed by atoms with Crippen molar-refractivity contribution in [1.29, 1.82) is 5.26 Å². The Kier molecular flexibility index (Phi) is 5.72. The fourth-order valence-electron chi connectivity index (χ4n) is 3.43. The molecule has 7 heteroatoms. The highest BCUT2D eigenvalue weighted by Crippen LogP contribution is 2.22. The van der Waals surface area contributed by atoms with Crippen molar-refractivity contribution >= 4 is 22.8 Å². The molecule has 0 amide bonds. The van der Waals surface area contributed by atoms with Gasteiger partial charge in [-0.05, 0) is 23.3 Å². The molecule has 0 aliphatic carbocycles. The van der Waals surface area contributed by atoms with Crippen LogP contribution < -0.4 is 0 Å². The van der Waals surface area contributed by atoms with Crippen LogP contribution in [0.5, 0.6) is 0 Å². The fraction of sp³-hybridized carbons (Fsp3) is 0.0833. The Hall–Kier alpha value is -4.44. The average molecular weight is 410 g/mol. The molecule has 0 fully saturated rings. The molecule has 0 N–H and O–H groups in total. The van der Waals surface area contributed by atoms with Crippen LogP contribution in [-0.4, -0.2) is 15.7 Å². The number of benzene rings is 3. The lowest BCUT2D eigenvalue weighted by atomic mass is 10.1. The lowest BCUT2D eigenvalue weighted by molar-refractivity contribution is -0.384. The van der Waals surface area contributed by atoms with Gasteiger partial charge in [0.15, 0.2) is 0 Å². The smallest absolute Gasteiger partial charge is 0.269 e. The lowest BCUT2D eigenvalue weighted by Crippen LogP contribution is -2.00. The Balaban J connectivity index is 1.54. The van der Waals surface area contributed by atoms with Gasteiger partial charge in [-0.1, -0.05) is 53.7 Å². The first kappa shape index (κ1) is 19.9. The van der Waals surface area contributed by atoms with E-state index in [0.717, 1.165) is 22.0 Å². The SMILES string of the molecule is N#Cc1ccccc1Cn1cc(/C=N\OCc2cccc([N+](=O)[O-])c2)c2ccccc21. The largest absolute Gasteiger partial charge is 0.391 e. The van der Waals surface area contributed by atoms with Gasteiger partial charge in [-0.25, -0.2) is 0 Å². The van der Waals surface area contributed by atoms with Gasteiger partial charge in [-0.15, -0.1) is 0 Å². The van der Waals surface area contributed by atoms with Crippen LogP contribution >= 0.6 is 0 Å². The molecule has 3 aromatic carbocycles. The summed E-state index contributed by atoms with van der Waals surface area (Å²) >= 11 is 0. The summed E-state index contributed by atoms with van der Waals surface area (Å²) in [5, 5.41) is 25.3. The van der Waals surface area contributed by atoms with E-state index in [0.29, 0.717) is 17.7 Å². The maximum atomic E-state index is 10.9. The van der Waals surface area contributed by atoms with E-state index in [-0.39, 0.29) is 12.3 Å². The van der Waals surface area contributed by atoms with Crippen LogP contribution in [0, 0.1) is 21.4 Å². The molecule has 0 aliphatic heterocycles. The Morgan fingerprint density at radius 2 is 1.90 bits per heavy atom. The van der Waals surface area contributed by atoms with Gasteiger partial charge in [-0.3, -0.25) is 10.1 Å². The minimum Gasteiger partial charge on any atom is -0.391 e. The van der Waals surface area contributed by atoms with E-state index in [9.17, 15) is 15.4 Å². The van der Waals surface area contributed by atoms with E-state index in [1.165, 1.54) is 12.1 Å². The Morgan fingerprint density at radius 3 is 2.74 bits per heavy atom. The molecule has 1 aromatic heterocycles. The number of nitro groups is 1. The molecule has 0 atom stereocenters. The van der Waals surface area contributed by atoms with Crippen molar-refractivity contribution in [3.8, 4) is 6.07 Å². The summed E-state index contributed by atoms with van der Waals surface area (Å²) in [5.74, 6) is 0. The summed E-state index contributed by atoms with van der Waals surface area (Å²) in [6.45, 7) is 0.693. The van der Waals surface area contributed by atoms with E-state index in [1.54, 1.807) is 18.3 Å². The minimum absolute atomic E-state index is 0.0193. The van der Waals surface area contributed by atoms with Gasteiger partial charge in [0.05, 0.1) is 22.8 Å². The highest BCUT2D eigenvalue weighted by atomic mass is 16.6. The molecule has 4 rings (SSSR count). The summed E-state index contributed by atoms with van der Waals surface area (Å²) in [7, 11) is 0. The standard InChI is InChI=1S/C24H18N4O3/c25-13-19-7-1-2-8-20(19)15-27-16-21(23-10-3-4-11-24(23)27)14-26-31-17-18-6-5-9-22(12-18)28(29)30/h1-12,14,16H,15,17H2/b26-14-. The number of nitro benzene ring substituents is 1. The van der Waals surface area contributed by atoms with Crippen molar-refractivity contribution in [2.75, 3.05) is 0 Å². The first-order valence-corrected chi connectivity index (χ1v) is 9.60. The third-order valence-electron chi connectivity index (χ3n) is 4.92. The number of rotatable bonds is 7. The molecule has 0 saturated carbocycles. The van der Waals surface area contributed by atoms with Crippen LogP contribution in [0.2, 0.25) is 0 Å². The molecule has 0 saturated heterocycles. The first-order valence-electron chi connectivity index (χ1n) is 9.60. The van der Waals surface area contributed by atoms with E-state index in [1.807, 2.05) is 54.7 Å². The van der Waals surface area contributed by atoms with E-state index in [2.05, 4.69) is 15.8 Å². The second kappa shape index (κ2) is 8.93. The Bertz CT molecular complexity index is 1320. The van der Waals surface area contributed by atoms with Gasteiger partial charge in [0.2, 0.25) is 0 Å². The molecule has 0 aliphatic rings. The number of nitriles is 1. The molecule has 0 radical (unpaired) electrons. The summed E-state index contributed by atoms with van der Waals surface area (Å²) in [6.07, 6.45) is 3.60. The number of fused-ring (bicyclic) bond motifs is 1. The zero-order valence-corrected chi connectivity index (χ0v) is 16.5. The number of hydrogen-bond donors (Lipinski definition) is 0. The Morgan fingerprint density at radius 1 is 1.10 bits per heavy atom. The highest BCUT2D eigenvalue weighted by Gasteiger charge is 2.09. The van der Waals surface area contributed by atoms with Gasteiger partial charge >= 0.3 is 0 Å². The van der Waals surface area contributed by atoms with Crippen LogP contribution in [0.15, 0.2) is 84.1 Å². The normalized spacial score (nSPS) is 10.9. The average Bonchev–Trinajstić information content (AvgIpc) is 3.15.